The molecule has 2 N–H and O–H groups in total. The fraction of sp³-hybridized carbons (Fsp3) is 0.267. The predicted octanol–water partition coefficient (Wildman–Crippen LogP) is 3.06. The van der Waals surface area contributed by atoms with Crippen LogP contribution in [0.5, 0.6) is 0 Å². The Morgan fingerprint density at radius 1 is 1.17 bits per heavy atom. The molecule has 0 aliphatic rings. The van der Waals surface area contributed by atoms with Crippen LogP contribution >= 0.6 is 0 Å². The third kappa shape index (κ3) is 2.49. The Bertz CT molecular complexity index is 855. The second kappa shape index (κ2) is 5.22. The van der Waals surface area contributed by atoms with Crippen molar-refractivity contribution in [3.05, 3.63) is 42.0 Å². The molecule has 3 heterocycles. The van der Waals surface area contributed by atoms with Gasteiger partial charge in [-0.15, -0.1) is 5.10 Å². The number of pyridine rings is 1. The van der Waals surface area contributed by atoms with Crippen molar-refractivity contribution in [3.8, 4) is 11.4 Å². The summed E-state index contributed by atoms with van der Waals surface area (Å²) in [6.07, 6.45) is 0.118. The lowest BCUT2D eigenvalue weighted by atomic mass is 9.86. The SMILES string of the molecule is CC(C)(c1ccc(-c2cc(F)c3cnc(N)nn23)nc1)C(F)F. The Hall–Kier alpha value is -2.64. The lowest BCUT2D eigenvalue weighted by Crippen LogP contribution is -2.26. The predicted molar refractivity (Wildman–Crippen MR) is 79.6 cm³/mol. The van der Waals surface area contributed by atoms with E-state index < -0.39 is 17.7 Å². The summed E-state index contributed by atoms with van der Waals surface area (Å²) in [5.41, 5.74) is 5.53. The van der Waals surface area contributed by atoms with E-state index in [0.29, 0.717) is 17.0 Å². The topological polar surface area (TPSA) is 69.1 Å². The van der Waals surface area contributed by atoms with Gasteiger partial charge in [-0.3, -0.25) is 4.98 Å². The minimum absolute atomic E-state index is 0.00944. The maximum Gasteiger partial charge on any atom is 0.247 e. The maximum absolute atomic E-state index is 13.9. The number of hydrogen-bond acceptors (Lipinski definition) is 4. The largest absolute Gasteiger partial charge is 0.367 e. The van der Waals surface area contributed by atoms with Crippen molar-refractivity contribution in [1.82, 2.24) is 19.6 Å². The number of aromatic nitrogens is 4. The summed E-state index contributed by atoms with van der Waals surface area (Å²) in [6, 6.07) is 4.36. The summed E-state index contributed by atoms with van der Waals surface area (Å²) in [4.78, 5) is 7.91. The minimum Gasteiger partial charge on any atom is -0.367 e. The van der Waals surface area contributed by atoms with Gasteiger partial charge in [0.1, 0.15) is 5.52 Å². The summed E-state index contributed by atoms with van der Waals surface area (Å²) >= 11 is 0. The van der Waals surface area contributed by atoms with Gasteiger partial charge in [0.2, 0.25) is 12.4 Å². The molecule has 0 saturated heterocycles. The second-order valence-corrected chi connectivity index (χ2v) is 5.75. The number of hydrogen-bond donors (Lipinski definition) is 1. The maximum atomic E-state index is 13.9. The summed E-state index contributed by atoms with van der Waals surface area (Å²) < 4.78 is 41.4. The van der Waals surface area contributed by atoms with Crippen molar-refractivity contribution in [2.75, 3.05) is 5.73 Å². The molecule has 0 bridgehead atoms. The zero-order valence-corrected chi connectivity index (χ0v) is 12.5. The van der Waals surface area contributed by atoms with Gasteiger partial charge in [0.05, 0.1) is 23.0 Å². The van der Waals surface area contributed by atoms with Crippen molar-refractivity contribution >= 4 is 11.5 Å². The van der Waals surface area contributed by atoms with Crippen molar-refractivity contribution in [2.24, 2.45) is 0 Å². The van der Waals surface area contributed by atoms with E-state index in [4.69, 9.17) is 5.73 Å². The van der Waals surface area contributed by atoms with Crippen LogP contribution in [0.1, 0.15) is 19.4 Å². The second-order valence-electron chi connectivity index (χ2n) is 5.75. The Kier molecular flexibility index (Phi) is 3.46. The van der Waals surface area contributed by atoms with Crippen LogP contribution in [0, 0.1) is 5.82 Å². The van der Waals surface area contributed by atoms with Crippen LogP contribution in [0.4, 0.5) is 19.1 Å². The van der Waals surface area contributed by atoms with E-state index in [1.54, 1.807) is 12.1 Å². The fourth-order valence-electron chi connectivity index (χ4n) is 2.20. The van der Waals surface area contributed by atoms with E-state index in [9.17, 15) is 13.2 Å². The van der Waals surface area contributed by atoms with E-state index in [0.717, 1.165) is 0 Å². The molecule has 3 aromatic rings. The highest BCUT2D eigenvalue weighted by Crippen LogP contribution is 2.31. The lowest BCUT2D eigenvalue weighted by molar-refractivity contribution is 0.0692. The molecule has 0 aromatic carbocycles. The quantitative estimate of drug-likeness (QED) is 0.805. The van der Waals surface area contributed by atoms with E-state index >= 15 is 0 Å². The van der Waals surface area contributed by atoms with Gasteiger partial charge in [0.15, 0.2) is 5.82 Å². The van der Waals surface area contributed by atoms with E-state index in [-0.39, 0.29) is 11.5 Å². The number of alkyl halides is 2. The first-order valence-corrected chi connectivity index (χ1v) is 6.85. The van der Waals surface area contributed by atoms with Gasteiger partial charge in [-0.05, 0) is 11.6 Å². The van der Waals surface area contributed by atoms with Crippen LogP contribution < -0.4 is 5.73 Å². The molecular formula is C15H14F3N5. The molecule has 0 fully saturated rings. The molecular weight excluding hydrogens is 307 g/mol. The summed E-state index contributed by atoms with van der Waals surface area (Å²) in [5.74, 6) is -0.524. The molecule has 0 aliphatic carbocycles. The molecule has 3 rings (SSSR count). The average Bonchev–Trinajstić information content (AvgIpc) is 2.83. The normalized spacial score (nSPS) is 12.3. The molecule has 0 aliphatic heterocycles. The first kappa shape index (κ1) is 15.3. The number of fused-ring (bicyclic) bond motifs is 1. The molecule has 3 aromatic heterocycles. The Morgan fingerprint density at radius 3 is 2.52 bits per heavy atom. The van der Waals surface area contributed by atoms with E-state index in [1.165, 1.54) is 36.8 Å². The van der Waals surface area contributed by atoms with Gasteiger partial charge in [-0.1, -0.05) is 19.9 Å². The summed E-state index contributed by atoms with van der Waals surface area (Å²) in [7, 11) is 0. The minimum atomic E-state index is -2.52. The van der Waals surface area contributed by atoms with Crippen LogP contribution in [0.3, 0.4) is 0 Å². The lowest BCUT2D eigenvalue weighted by Gasteiger charge is -2.23. The van der Waals surface area contributed by atoms with Crippen LogP contribution in [0.2, 0.25) is 0 Å². The molecule has 0 amide bonds. The van der Waals surface area contributed by atoms with E-state index in [1.807, 2.05) is 0 Å². The van der Waals surface area contributed by atoms with Crippen LogP contribution in [-0.4, -0.2) is 26.0 Å². The van der Waals surface area contributed by atoms with E-state index in [2.05, 4.69) is 15.1 Å². The Labute approximate surface area is 130 Å². The first-order chi connectivity index (χ1) is 10.8. The number of rotatable bonds is 3. The fourth-order valence-corrected chi connectivity index (χ4v) is 2.20. The highest BCUT2D eigenvalue weighted by molar-refractivity contribution is 5.64. The number of nitrogens with two attached hydrogens (primary N) is 1. The molecule has 0 spiro atoms. The highest BCUT2D eigenvalue weighted by Gasteiger charge is 2.31. The molecule has 8 heteroatoms. The highest BCUT2D eigenvalue weighted by atomic mass is 19.3. The number of nitrogen functional groups attached to an aromatic ring is 1. The van der Waals surface area contributed by atoms with Gasteiger partial charge < -0.3 is 5.73 Å². The monoisotopic (exact) mass is 321 g/mol. The van der Waals surface area contributed by atoms with Gasteiger partial charge in [0, 0.05) is 12.3 Å². The first-order valence-electron chi connectivity index (χ1n) is 6.85. The Balaban J connectivity index is 2.08. The standard InChI is InChI=1S/C15H14F3N5/c1-15(2,13(17)18)8-3-4-10(20-6-8)11-5-9(16)12-7-21-14(19)22-23(11)12/h3-7,13H,1-2H3,(H2,19,22). The van der Waals surface area contributed by atoms with Crippen LogP contribution in [0.25, 0.3) is 16.9 Å². The van der Waals surface area contributed by atoms with Crippen LogP contribution in [0.15, 0.2) is 30.6 Å². The molecule has 0 atom stereocenters. The Morgan fingerprint density at radius 2 is 1.91 bits per heavy atom. The zero-order chi connectivity index (χ0) is 16.8. The molecule has 0 radical (unpaired) electrons. The summed E-state index contributed by atoms with van der Waals surface area (Å²) in [5, 5.41) is 3.96. The van der Waals surface area contributed by atoms with Crippen molar-refractivity contribution in [3.63, 3.8) is 0 Å². The molecule has 0 saturated carbocycles. The smallest absolute Gasteiger partial charge is 0.247 e. The van der Waals surface area contributed by atoms with Crippen LogP contribution in [-0.2, 0) is 5.41 Å². The van der Waals surface area contributed by atoms with Crippen molar-refractivity contribution in [2.45, 2.75) is 25.7 Å². The molecule has 5 nitrogen and oxygen atoms in total. The van der Waals surface area contributed by atoms with Gasteiger partial charge >= 0.3 is 0 Å². The van der Waals surface area contributed by atoms with Gasteiger partial charge in [-0.2, -0.15) is 0 Å². The third-order valence-corrected chi connectivity index (χ3v) is 3.80. The van der Waals surface area contributed by atoms with Crippen molar-refractivity contribution < 1.29 is 13.2 Å². The number of anilines is 1. The molecule has 23 heavy (non-hydrogen) atoms. The van der Waals surface area contributed by atoms with Gasteiger partial charge in [0.25, 0.3) is 0 Å². The zero-order valence-electron chi connectivity index (χ0n) is 12.5. The summed E-state index contributed by atoms with van der Waals surface area (Å²) in [6.45, 7) is 2.88. The van der Waals surface area contributed by atoms with Gasteiger partial charge in [-0.25, -0.2) is 22.7 Å². The average molecular weight is 321 g/mol. The number of nitrogens with zero attached hydrogens (tertiary/aromatic N) is 4. The third-order valence-electron chi connectivity index (χ3n) is 3.80. The molecule has 120 valence electrons. The number of halogens is 3. The molecule has 0 unspecified atom stereocenters. The van der Waals surface area contributed by atoms with Crippen molar-refractivity contribution in [1.29, 1.82) is 0 Å².